The molecule has 0 amide bonds. The van der Waals surface area contributed by atoms with Crippen LogP contribution in [0.5, 0.6) is 5.75 Å². The van der Waals surface area contributed by atoms with Crippen molar-refractivity contribution in [3.63, 3.8) is 0 Å². The molecule has 4 heteroatoms. The van der Waals surface area contributed by atoms with Gasteiger partial charge in [-0.05, 0) is 54.8 Å². The lowest BCUT2D eigenvalue weighted by Crippen LogP contribution is -2.03. The predicted octanol–water partition coefficient (Wildman–Crippen LogP) is 3.08. The third kappa shape index (κ3) is 3.71. The van der Waals surface area contributed by atoms with E-state index in [1.165, 1.54) is 5.56 Å². The van der Waals surface area contributed by atoms with Gasteiger partial charge in [0.15, 0.2) is 0 Å². The SMILES string of the molecule is COc1ccc(CN)cc1CS(=O)c1ccc(C)c(C)c1. The summed E-state index contributed by atoms with van der Waals surface area (Å²) < 4.78 is 17.9. The lowest BCUT2D eigenvalue weighted by atomic mass is 10.1. The molecule has 2 aromatic carbocycles. The second-order valence-electron chi connectivity index (χ2n) is 5.09. The van der Waals surface area contributed by atoms with Gasteiger partial charge in [-0.1, -0.05) is 12.1 Å². The van der Waals surface area contributed by atoms with Crippen LogP contribution in [0.25, 0.3) is 0 Å². The van der Waals surface area contributed by atoms with Crippen molar-refractivity contribution in [2.45, 2.75) is 31.0 Å². The van der Waals surface area contributed by atoms with Crippen molar-refractivity contribution in [2.24, 2.45) is 5.73 Å². The molecule has 0 spiro atoms. The molecule has 0 aliphatic heterocycles. The molecule has 2 rings (SSSR count). The maximum Gasteiger partial charge on any atom is 0.123 e. The normalized spacial score (nSPS) is 12.2. The van der Waals surface area contributed by atoms with Gasteiger partial charge in [0.05, 0.1) is 23.7 Å². The standard InChI is InChI=1S/C17H21NO2S/c1-12-4-6-16(8-13(12)2)21(19)11-15-9-14(10-18)5-7-17(15)20-3/h4-9H,10-11,18H2,1-3H3. The first-order valence-electron chi connectivity index (χ1n) is 6.86. The van der Waals surface area contributed by atoms with Crippen molar-refractivity contribution < 1.29 is 8.95 Å². The van der Waals surface area contributed by atoms with Crippen molar-refractivity contribution in [3.8, 4) is 5.75 Å². The summed E-state index contributed by atoms with van der Waals surface area (Å²) in [7, 11) is 0.529. The first-order valence-corrected chi connectivity index (χ1v) is 8.18. The van der Waals surface area contributed by atoms with Crippen LogP contribution in [0.15, 0.2) is 41.3 Å². The van der Waals surface area contributed by atoms with Crippen LogP contribution in [0.1, 0.15) is 22.3 Å². The van der Waals surface area contributed by atoms with Gasteiger partial charge in [0, 0.05) is 17.0 Å². The van der Waals surface area contributed by atoms with Crippen LogP contribution in [0.3, 0.4) is 0 Å². The summed E-state index contributed by atoms with van der Waals surface area (Å²) >= 11 is 0. The second-order valence-corrected chi connectivity index (χ2v) is 6.54. The molecule has 21 heavy (non-hydrogen) atoms. The van der Waals surface area contributed by atoms with Gasteiger partial charge < -0.3 is 10.5 Å². The first kappa shape index (κ1) is 15.7. The van der Waals surface area contributed by atoms with Gasteiger partial charge in [0.1, 0.15) is 5.75 Å². The highest BCUT2D eigenvalue weighted by Gasteiger charge is 2.11. The summed E-state index contributed by atoms with van der Waals surface area (Å²) in [6.45, 7) is 4.55. The number of rotatable bonds is 5. The number of hydrogen-bond donors (Lipinski definition) is 1. The maximum atomic E-state index is 12.6. The third-order valence-electron chi connectivity index (χ3n) is 3.61. The Labute approximate surface area is 128 Å². The Balaban J connectivity index is 2.28. The Bertz CT molecular complexity index is 668. The molecule has 112 valence electrons. The van der Waals surface area contributed by atoms with E-state index in [-0.39, 0.29) is 0 Å². The Hall–Kier alpha value is -1.65. The number of nitrogens with two attached hydrogens (primary N) is 1. The molecule has 2 aromatic rings. The smallest absolute Gasteiger partial charge is 0.123 e. The van der Waals surface area contributed by atoms with E-state index in [9.17, 15) is 4.21 Å². The number of benzene rings is 2. The van der Waals surface area contributed by atoms with Crippen LogP contribution in [0, 0.1) is 13.8 Å². The zero-order valence-electron chi connectivity index (χ0n) is 12.7. The third-order valence-corrected chi connectivity index (χ3v) is 4.96. The monoisotopic (exact) mass is 303 g/mol. The molecule has 2 N–H and O–H groups in total. The molecule has 0 fully saturated rings. The molecule has 0 saturated heterocycles. The van der Waals surface area contributed by atoms with E-state index in [1.807, 2.05) is 43.3 Å². The summed E-state index contributed by atoms with van der Waals surface area (Å²) in [4.78, 5) is 0.846. The summed E-state index contributed by atoms with van der Waals surface area (Å²) in [6.07, 6.45) is 0. The minimum Gasteiger partial charge on any atom is -0.496 e. The molecular weight excluding hydrogens is 282 g/mol. The van der Waals surface area contributed by atoms with E-state index in [0.29, 0.717) is 12.3 Å². The van der Waals surface area contributed by atoms with Crippen LogP contribution in [-0.2, 0) is 23.1 Å². The molecule has 1 unspecified atom stereocenters. The summed E-state index contributed by atoms with van der Waals surface area (Å²) in [5.41, 5.74) is 9.98. The predicted molar refractivity (Wildman–Crippen MR) is 86.9 cm³/mol. The molecule has 0 radical (unpaired) electrons. The fourth-order valence-electron chi connectivity index (χ4n) is 2.15. The molecule has 1 atom stereocenters. The zero-order valence-corrected chi connectivity index (χ0v) is 13.5. The zero-order chi connectivity index (χ0) is 15.4. The molecule has 0 aliphatic carbocycles. The number of aryl methyl sites for hydroxylation is 2. The van der Waals surface area contributed by atoms with Crippen molar-refractivity contribution in [3.05, 3.63) is 58.7 Å². The largest absolute Gasteiger partial charge is 0.496 e. The van der Waals surface area contributed by atoms with E-state index >= 15 is 0 Å². The van der Waals surface area contributed by atoms with E-state index in [1.54, 1.807) is 7.11 Å². The highest BCUT2D eigenvalue weighted by atomic mass is 32.2. The summed E-state index contributed by atoms with van der Waals surface area (Å²) in [5, 5.41) is 0. The molecule has 3 nitrogen and oxygen atoms in total. The average Bonchev–Trinajstić information content (AvgIpc) is 2.49. The molecule has 0 heterocycles. The lowest BCUT2D eigenvalue weighted by molar-refractivity contribution is 0.411. The molecule has 0 aliphatic rings. The van der Waals surface area contributed by atoms with Crippen molar-refractivity contribution in [1.29, 1.82) is 0 Å². The van der Waals surface area contributed by atoms with Crippen molar-refractivity contribution in [1.82, 2.24) is 0 Å². The van der Waals surface area contributed by atoms with E-state index in [0.717, 1.165) is 27.3 Å². The number of hydrogen-bond acceptors (Lipinski definition) is 3. The second kappa shape index (κ2) is 6.87. The Kier molecular flexibility index (Phi) is 5.15. The van der Waals surface area contributed by atoms with Crippen LogP contribution in [0.4, 0.5) is 0 Å². The fourth-order valence-corrected chi connectivity index (χ4v) is 3.35. The Morgan fingerprint density at radius 2 is 1.86 bits per heavy atom. The highest BCUT2D eigenvalue weighted by molar-refractivity contribution is 7.84. The Morgan fingerprint density at radius 1 is 1.10 bits per heavy atom. The fraction of sp³-hybridized carbons (Fsp3) is 0.294. The van der Waals surface area contributed by atoms with Crippen LogP contribution < -0.4 is 10.5 Å². The van der Waals surface area contributed by atoms with Gasteiger partial charge >= 0.3 is 0 Å². The van der Waals surface area contributed by atoms with Crippen molar-refractivity contribution in [2.75, 3.05) is 7.11 Å². The number of ether oxygens (including phenoxy) is 1. The van der Waals surface area contributed by atoms with Crippen LogP contribution >= 0.6 is 0 Å². The van der Waals surface area contributed by atoms with Gasteiger partial charge in [0.25, 0.3) is 0 Å². The topological polar surface area (TPSA) is 52.3 Å². The van der Waals surface area contributed by atoms with E-state index < -0.39 is 10.8 Å². The van der Waals surface area contributed by atoms with Crippen molar-refractivity contribution >= 4 is 10.8 Å². The maximum absolute atomic E-state index is 12.6. The van der Waals surface area contributed by atoms with Crippen LogP contribution in [0.2, 0.25) is 0 Å². The highest BCUT2D eigenvalue weighted by Crippen LogP contribution is 2.24. The van der Waals surface area contributed by atoms with Gasteiger partial charge in [-0.15, -0.1) is 0 Å². The molecule has 0 saturated carbocycles. The molecule has 0 aromatic heterocycles. The van der Waals surface area contributed by atoms with Gasteiger partial charge in [-0.2, -0.15) is 0 Å². The molecule has 0 bridgehead atoms. The summed E-state index contributed by atoms with van der Waals surface area (Å²) in [6, 6.07) is 11.7. The molecular formula is C17H21NO2S. The van der Waals surface area contributed by atoms with Gasteiger partial charge in [-0.25, -0.2) is 0 Å². The average molecular weight is 303 g/mol. The first-order chi connectivity index (χ1) is 10.0. The van der Waals surface area contributed by atoms with E-state index in [4.69, 9.17) is 10.5 Å². The van der Waals surface area contributed by atoms with Crippen LogP contribution in [-0.4, -0.2) is 11.3 Å². The lowest BCUT2D eigenvalue weighted by Gasteiger charge is -2.11. The minimum atomic E-state index is -1.10. The van der Waals surface area contributed by atoms with E-state index in [2.05, 4.69) is 6.92 Å². The number of methoxy groups -OCH3 is 1. The summed E-state index contributed by atoms with van der Waals surface area (Å²) in [5.74, 6) is 1.18. The minimum absolute atomic E-state index is 0.430. The Morgan fingerprint density at radius 3 is 2.48 bits per heavy atom. The van der Waals surface area contributed by atoms with Gasteiger partial charge in [0.2, 0.25) is 0 Å². The quantitative estimate of drug-likeness (QED) is 0.923. The van der Waals surface area contributed by atoms with Gasteiger partial charge in [-0.3, -0.25) is 4.21 Å².